The monoisotopic (exact) mass is 221 g/mol. The summed E-state index contributed by atoms with van der Waals surface area (Å²) in [6, 6.07) is 9.73. The highest BCUT2D eigenvalue weighted by atomic mass is 32.2. The second-order valence-corrected chi connectivity index (χ2v) is 4.04. The van der Waals surface area contributed by atoms with Gasteiger partial charge in [-0.3, -0.25) is 4.79 Å². The normalized spacial score (nSPS) is 9.53. The van der Waals surface area contributed by atoms with E-state index in [1.165, 1.54) is 11.8 Å². The number of hydrogen-bond acceptors (Lipinski definition) is 3. The zero-order valence-corrected chi connectivity index (χ0v) is 8.96. The molecule has 0 bridgehead atoms. The molecule has 0 fully saturated rings. The van der Waals surface area contributed by atoms with Crippen molar-refractivity contribution in [3.05, 3.63) is 29.8 Å². The van der Waals surface area contributed by atoms with Crippen LogP contribution in [0.5, 0.6) is 0 Å². The predicted molar refractivity (Wildman–Crippen MR) is 58.7 cm³/mol. The minimum Gasteiger partial charge on any atom is -0.481 e. The summed E-state index contributed by atoms with van der Waals surface area (Å²) in [4.78, 5) is 11.3. The minimum atomic E-state index is -0.817. The Kier molecular flexibility index (Phi) is 4.72. The molecule has 1 rings (SSSR count). The fraction of sp³-hybridized carbons (Fsp3) is 0.273. The summed E-state index contributed by atoms with van der Waals surface area (Å²) in [6.07, 6.45) is 1.21. The Morgan fingerprint density at radius 2 is 2.33 bits per heavy atom. The van der Waals surface area contributed by atoms with Gasteiger partial charge in [0.25, 0.3) is 0 Å². The number of carbonyl (C=O) groups is 1. The number of nitriles is 1. The van der Waals surface area contributed by atoms with E-state index in [0.717, 1.165) is 16.9 Å². The van der Waals surface area contributed by atoms with Crippen LogP contribution in [0.1, 0.15) is 12.0 Å². The van der Waals surface area contributed by atoms with Crippen LogP contribution in [0.15, 0.2) is 29.2 Å². The smallest absolute Gasteiger partial charge is 0.313 e. The van der Waals surface area contributed by atoms with Crippen LogP contribution in [-0.2, 0) is 11.2 Å². The first-order valence-electron chi connectivity index (χ1n) is 4.53. The van der Waals surface area contributed by atoms with E-state index in [-0.39, 0.29) is 5.75 Å². The minimum absolute atomic E-state index is 0.0711. The summed E-state index contributed by atoms with van der Waals surface area (Å²) in [5.74, 6) is -0.746. The Morgan fingerprint density at radius 1 is 1.53 bits per heavy atom. The number of aryl methyl sites for hydroxylation is 1. The topological polar surface area (TPSA) is 61.1 Å². The number of carboxylic acids is 1. The highest BCUT2D eigenvalue weighted by molar-refractivity contribution is 8.00. The Labute approximate surface area is 92.7 Å². The second-order valence-electron chi connectivity index (χ2n) is 2.99. The van der Waals surface area contributed by atoms with Crippen molar-refractivity contribution in [2.75, 3.05) is 5.75 Å². The lowest BCUT2D eigenvalue weighted by atomic mass is 10.1. The Balaban J connectivity index is 2.58. The number of nitrogens with zero attached hydrogens (tertiary/aromatic N) is 1. The Hall–Kier alpha value is -1.47. The summed E-state index contributed by atoms with van der Waals surface area (Å²) in [5, 5.41) is 17.0. The van der Waals surface area contributed by atoms with E-state index < -0.39 is 5.97 Å². The third-order valence-electron chi connectivity index (χ3n) is 1.79. The first kappa shape index (κ1) is 11.6. The summed E-state index contributed by atoms with van der Waals surface area (Å²) in [5.41, 5.74) is 1.08. The lowest BCUT2D eigenvalue weighted by Crippen LogP contribution is -1.97. The standard InChI is InChI=1S/C11H11NO2S/c12-6-2-4-9-3-1-5-10(7-9)15-8-11(13)14/h1,3,5,7H,2,4,8H2,(H,13,14). The van der Waals surface area contributed by atoms with Crippen LogP contribution >= 0.6 is 11.8 Å². The maximum absolute atomic E-state index is 10.4. The molecule has 0 saturated heterocycles. The van der Waals surface area contributed by atoms with Gasteiger partial charge in [0.15, 0.2) is 0 Å². The molecule has 0 spiro atoms. The van der Waals surface area contributed by atoms with E-state index >= 15 is 0 Å². The van der Waals surface area contributed by atoms with E-state index in [1.54, 1.807) is 0 Å². The number of carboxylic acid groups (broad SMARTS) is 1. The number of aliphatic carboxylic acids is 1. The fourth-order valence-electron chi connectivity index (χ4n) is 1.14. The van der Waals surface area contributed by atoms with Crippen molar-refractivity contribution in [3.8, 4) is 6.07 Å². The molecular weight excluding hydrogens is 210 g/mol. The predicted octanol–water partition coefficient (Wildman–Crippen LogP) is 2.32. The highest BCUT2D eigenvalue weighted by Gasteiger charge is 2.00. The van der Waals surface area contributed by atoms with Gasteiger partial charge < -0.3 is 5.11 Å². The van der Waals surface area contributed by atoms with Gasteiger partial charge in [-0.15, -0.1) is 11.8 Å². The molecule has 0 heterocycles. The van der Waals surface area contributed by atoms with Gasteiger partial charge in [-0.2, -0.15) is 5.26 Å². The van der Waals surface area contributed by atoms with Gasteiger partial charge in [0.1, 0.15) is 0 Å². The van der Waals surface area contributed by atoms with Crippen LogP contribution in [-0.4, -0.2) is 16.8 Å². The Morgan fingerprint density at radius 3 is 3.00 bits per heavy atom. The van der Waals surface area contributed by atoms with Crippen molar-refractivity contribution in [1.29, 1.82) is 5.26 Å². The quantitative estimate of drug-likeness (QED) is 0.775. The third-order valence-corrected chi connectivity index (χ3v) is 2.76. The van der Waals surface area contributed by atoms with E-state index in [4.69, 9.17) is 10.4 Å². The maximum atomic E-state index is 10.4. The molecule has 0 saturated carbocycles. The summed E-state index contributed by atoms with van der Waals surface area (Å²) < 4.78 is 0. The Bertz CT molecular complexity index is 384. The maximum Gasteiger partial charge on any atom is 0.313 e. The van der Waals surface area contributed by atoms with E-state index in [0.29, 0.717) is 6.42 Å². The largest absolute Gasteiger partial charge is 0.481 e. The van der Waals surface area contributed by atoms with Crippen LogP contribution < -0.4 is 0 Å². The van der Waals surface area contributed by atoms with Gasteiger partial charge >= 0.3 is 5.97 Å². The molecule has 1 aromatic rings. The molecule has 0 unspecified atom stereocenters. The molecule has 0 aliphatic carbocycles. The molecule has 0 aromatic heterocycles. The molecule has 0 amide bonds. The van der Waals surface area contributed by atoms with Crippen molar-refractivity contribution in [3.63, 3.8) is 0 Å². The van der Waals surface area contributed by atoms with Gasteiger partial charge in [0, 0.05) is 11.3 Å². The van der Waals surface area contributed by atoms with Crippen LogP contribution in [0.3, 0.4) is 0 Å². The fourth-order valence-corrected chi connectivity index (χ4v) is 1.84. The molecule has 0 aliphatic rings. The zero-order chi connectivity index (χ0) is 11.1. The first-order chi connectivity index (χ1) is 7.22. The van der Waals surface area contributed by atoms with Gasteiger partial charge in [-0.05, 0) is 24.1 Å². The van der Waals surface area contributed by atoms with Gasteiger partial charge in [-0.25, -0.2) is 0 Å². The van der Waals surface area contributed by atoms with Crippen LogP contribution in [0.4, 0.5) is 0 Å². The van der Waals surface area contributed by atoms with Crippen molar-refractivity contribution in [1.82, 2.24) is 0 Å². The molecule has 0 radical (unpaired) electrons. The number of benzene rings is 1. The van der Waals surface area contributed by atoms with E-state index in [9.17, 15) is 4.79 Å². The van der Waals surface area contributed by atoms with E-state index in [1.807, 2.05) is 24.3 Å². The highest BCUT2D eigenvalue weighted by Crippen LogP contribution is 2.19. The van der Waals surface area contributed by atoms with Crippen LogP contribution in [0, 0.1) is 11.3 Å². The van der Waals surface area contributed by atoms with Crippen molar-refractivity contribution >= 4 is 17.7 Å². The van der Waals surface area contributed by atoms with Crippen LogP contribution in [0.25, 0.3) is 0 Å². The average molecular weight is 221 g/mol. The molecule has 15 heavy (non-hydrogen) atoms. The van der Waals surface area contributed by atoms with Crippen molar-refractivity contribution in [2.24, 2.45) is 0 Å². The molecule has 1 N–H and O–H groups in total. The van der Waals surface area contributed by atoms with Crippen molar-refractivity contribution in [2.45, 2.75) is 17.7 Å². The van der Waals surface area contributed by atoms with Crippen LogP contribution in [0.2, 0.25) is 0 Å². The zero-order valence-electron chi connectivity index (χ0n) is 8.14. The van der Waals surface area contributed by atoms with E-state index in [2.05, 4.69) is 6.07 Å². The first-order valence-corrected chi connectivity index (χ1v) is 5.51. The SMILES string of the molecule is N#CCCc1cccc(SCC(=O)O)c1. The van der Waals surface area contributed by atoms with Gasteiger partial charge in [0.05, 0.1) is 11.8 Å². The van der Waals surface area contributed by atoms with Gasteiger partial charge in [-0.1, -0.05) is 12.1 Å². The number of rotatable bonds is 5. The second kappa shape index (κ2) is 6.10. The van der Waals surface area contributed by atoms with Crippen molar-refractivity contribution < 1.29 is 9.90 Å². The number of hydrogen-bond donors (Lipinski definition) is 1. The summed E-state index contributed by atoms with van der Waals surface area (Å²) in [6.45, 7) is 0. The lowest BCUT2D eigenvalue weighted by Gasteiger charge is -2.01. The molecule has 4 heteroatoms. The summed E-state index contributed by atoms with van der Waals surface area (Å²) in [7, 11) is 0. The molecular formula is C11H11NO2S. The average Bonchev–Trinajstić information content (AvgIpc) is 2.24. The number of thioether (sulfide) groups is 1. The molecule has 3 nitrogen and oxygen atoms in total. The third kappa shape index (κ3) is 4.52. The lowest BCUT2D eigenvalue weighted by molar-refractivity contribution is -0.133. The molecule has 78 valence electrons. The van der Waals surface area contributed by atoms with Gasteiger partial charge in [0.2, 0.25) is 0 Å². The molecule has 0 atom stereocenters. The molecule has 1 aromatic carbocycles. The molecule has 0 aliphatic heterocycles. The summed E-state index contributed by atoms with van der Waals surface area (Å²) >= 11 is 1.29.